The lowest BCUT2D eigenvalue weighted by Gasteiger charge is -2.09. The molecule has 0 N–H and O–H groups in total. The summed E-state index contributed by atoms with van der Waals surface area (Å²) in [7, 11) is 0. The number of hydrogen-bond donors (Lipinski definition) is 0. The summed E-state index contributed by atoms with van der Waals surface area (Å²) in [5, 5.41) is 10.7. The van der Waals surface area contributed by atoms with Crippen molar-refractivity contribution >= 4 is 33.8 Å². The molecule has 0 aliphatic heterocycles. The molecule has 3 aromatic carbocycles. The molecule has 0 radical (unpaired) electrons. The van der Waals surface area contributed by atoms with Gasteiger partial charge in [-0.15, -0.1) is 10.2 Å². The van der Waals surface area contributed by atoms with E-state index in [1.54, 1.807) is 11.8 Å². The van der Waals surface area contributed by atoms with Crippen LogP contribution in [0.4, 0.5) is 0 Å². The Morgan fingerprint density at radius 1 is 0.828 bits per heavy atom. The Labute approximate surface area is 173 Å². The molecule has 0 fully saturated rings. The monoisotopic (exact) mass is 396 g/mol. The standard InChI is InChI=1S/C24H20N4S/c1-17-9-5-6-12-19(17)15-28-21-14-8-7-13-20(21)22-23(28)25-24(27-26-22)29-16-18-10-3-2-4-11-18/h2-14H,15-16H2,1H3. The van der Waals surface area contributed by atoms with Gasteiger partial charge in [-0.05, 0) is 29.7 Å². The van der Waals surface area contributed by atoms with Crippen molar-refractivity contribution in [2.75, 3.05) is 0 Å². The predicted molar refractivity (Wildman–Crippen MR) is 119 cm³/mol. The van der Waals surface area contributed by atoms with Crippen LogP contribution in [0.3, 0.4) is 0 Å². The topological polar surface area (TPSA) is 43.6 Å². The molecule has 142 valence electrons. The fourth-order valence-electron chi connectivity index (χ4n) is 3.59. The average molecular weight is 397 g/mol. The van der Waals surface area contributed by atoms with Crippen LogP contribution in [-0.2, 0) is 12.3 Å². The van der Waals surface area contributed by atoms with Crippen LogP contribution in [0.25, 0.3) is 22.1 Å². The van der Waals surface area contributed by atoms with Crippen LogP contribution in [0.1, 0.15) is 16.7 Å². The fraction of sp³-hybridized carbons (Fsp3) is 0.125. The maximum absolute atomic E-state index is 4.91. The zero-order valence-electron chi connectivity index (χ0n) is 16.1. The second-order valence-electron chi connectivity index (χ2n) is 7.07. The summed E-state index contributed by atoms with van der Waals surface area (Å²) in [5.74, 6) is 0.825. The van der Waals surface area contributed by atoms with E-state index in [9.17, 15) is 0 Å². The zero-order valence-corrected chi connectivity index (χ0v) is 16.9. The van der Waals surface area contributed by atoms with Crippen molar-refractivity contribution in [2.24, 2.45) is 0 Å². The third kappa shape index (κ3) is 3.49. The van der Waals surface area contributed by atoms with E-state index in [2.05, 4.69) is 88.4 Å². The molecular weight excluding hydrogens is 376 g/mol. The van der Waals surface area contributed by atoms with Gasteiger partial charge in [-0.25, -0.2) is 4.98 Å². The van der Waals surface area contributed by atoms with Crippen molar-refractivity contribution in [1.82, 2.24) is 19.7 Å². The molecule has 4 nitrogen and oxygen atoms in total. The SMILES string of the molecule is Cc1ccccc1Cn1c2ccccc2c2nnc(SCc3ccccc3)nc21. The average Bonchev–Trinajstić information content (AvgIpc) is 3.08. The summed E-state index contributed by atoms with van der Waals surface area (Å²) < 4.78 is 2.26. The van der Waals surface area contributed by atoms with Crippen LogP contribution >= 0.6 is 11.8 Å². The minimum Gasteiger partial charge on any atom is -0.319 e. The third-order valence-electron chi connectivity index (χ3n) is 5.16. The Balaban J connectivity index is 1.58. The summed E-state index contributed by atoms with van der Waals surface area (Å²) in [6, 6.07) is 27.2. The molecule has 0 spiro atoms. The summed E-state index contributed by atoms with van der Waals surface area (Å²) in [6.07, 6.45) is 0. The molecule has 5 heteroatoms. The molecule has 0 aliphatic rings. The number of para-hydroxylation sites is 1. The Hall–Kier alpha value is -3.18. The van der Waals surface area contributed by atoms with Crippen molar-refractivity contribution in [3.8, 4) is 0 Å². The molecule has 0 saturated carbocycles. The van der Waals surface area contributed by atoms with E-state index >= 15 is 0 Å². The molecule has 0 saturated heterocycles. The Morgan fingerprint density at radius 2 is 1.59 bits per heavy atom. The summed E-state index contributed by atoms with van der Waals surface area (Å²) in [6.45, 7) is 2.91. The number of fused-ring (bicyclic) bond motifs is 3. The second kappa shape index (κ2) is 7.68. The first-order valence-corrected chi connectivity index (χ1v) is 10.6. The van der Waals surface area contributed by atoms with Gasteiger partial charge in [-0.3, -0.25) is 0 Å². The number of rotatable bonds is 5. The second-order valence-corrected chi connectivity index (χ2v) is 8.01. The lowest BCUT2D eigenvalue weighted by Crippen LogP contribution is -2.03. The van der Waals surface area contributed by atoms with Crippen molar-refractivity contribution in [3.63, 3.8) is 0 Å². The number of thioether (sulfide) groups is 1. The van der Waals surface area contributed by atoms with Gasteiger partial charge in [0.05, 0.1) is 5.52 Å². The van der Waals surface area contributed by atoms with Crippen LogP contribution in [-0.4, -0.2) is 19.7 Å². The highest BCUT2D eigenvalue weighted by molar-refractivity contribution is 7.98. The van der Waals surface area contributed by atoms with Crippen molar-refractivity contribution in [1.29, 1.82) is 0 Å². The highest BCUT2D eigenvalue weighted by Gasteiger charge is 2.15. The molecular formula is C24H20N4S. The highest BCUT2D eigenvalue weighted by atomic mass is 32.2. The van der Waals surface area contributed by atoms with E-state index < -0.39 is 0 Å². The molecule has 0 amide bonds. The molecule has 2 heterocycles. The number of aromatic nitrogens is 4. The number of aryl methyl sites for hydroxylation is 1. The van der Waals surface area contributed by atoms with Gasteiger partial charge in [0.15, 0.2) is 5.65 Å². The highest BCUT2D eigenvalue weighted by Crippen LogP contribution is 2.29. The molecule has 29 heavy (non-hydrogen) atoms. The van der Waals surface area contributed by atoms with Crippen LogP contribution in [0.15, 0.2) is 84.0 Å². The summed E-state index contributed by atoms with van der Waals surface area (Å²) in [4.78, 5) is 4.91. The normalized spacial score (nSPS) is 11.3. The van der Waals surface area contributed by atoms with Gasteiger partial charge in [0, 0.05) is 17.7 Å². The number of nitrogens with zero attached hydrogens (tertiary/aromatic N) is 4. The predicted octanol–water partition coefficient (Wildman–Crippen LogP) is 5.63. The quantitative estimate of drug-likeness (QED) is 0.361. The van der Waals surface area contributed by atoms with Gasteiger partial charge in [0.2, 0.25) is 5.16 Å². The van der Waals surface area contributed by atoms with Gasteiger partial charge in [-0.1, -0.05) is 84.6 Å². The first-order valence-electron chi connectivity index (χ1n) is 9.62. The summed E-state index contributed by atoms with van der Waals surface area (Å²) >= 11 is 1.62. The lowest BCUT2D eigenvalue weighted by atomic mass is 10.1. The minimum atomic E-state index is 0.704. The molecule has 0 aliphatic carbocycles. The summed E-state index contributed by atoms with van der Waals surface area (Å²) in [5.41, 5.74) is 6.70. The molecule has 0 atom stereocenters. The molecule has 0 bridgehead atoms. The van der Waals surface area contributed by atoms with E-state index in [1.165, 1.54) is 16.7 Å². The molecule has 0 unspecified atom stereocenters. The number of benzene rings is 3. The van der Waals surface area contributed by atoms with E-state index in [0.29, 0.717) is 5.16 Å². The van der Waals surface area contributed by atoms with Crippen LogP contribution in [0.5, 0.6) is 0 Å². The number of hydrogen-bond acceptors (Lipinski definition) is 4. The zero-order chi connectivity index (χ0) is 19.6. The lowest BCUT2D eigenvalue weighted by molar-refractivity contribution is 0.811. The van der Waals surface area contributed by atoms with E-state index in [4.69, 9.17) is 4.98 Å². The third-order valence-corrected chi connectivity index (χ3v) is 6.06. The molecule has 2 aromatic heterocycles. The van der Waals surface area contributed by atoms with Gasteiger partial charge in [0.1, 0.15) is 5.52 Å². The fourth-order valence-corrected chi connectivity index (χ4v) is 4.33. The van der Waals surface area contributed by atoms with Gasteiger partial charge >= 0.3 is 0 Å². The molecule has 5 rings (SSSR count). The Morgan fingerprint density at radius 3 is 2.45 bits per heavy atom. The minimum absolute atomic E-state index is 0.704. The van der Waals surface area contributed by atoms with E-state index in [1.807, 2.05) is 12.1 Å². The Bertz CT molecular complexity index is 1290. The van der Waals surface area contributed by atoms with E-state index in [-0.39, 0.29) is 0 Å². The molecule has 5 aromatic rings. The smallest absolute Gasteiger partial charge is 0.211 e. The van der Waals surface area contributed by atoms with Crippen LogP contribution in [0, 0.1) is 6.92 Å². The van der Waals surface area contributed by atoms with Gasteiger partial charge in [0.25, 0.3) is 0 Å². The first kappa shape index (κ1) is 17.9. The van der Waals surface area contributed by atoms with Crippen molar-refractivity contribution in [2.45, 2.75) is 24.4 Å². The van der Waals surface area contributed by atoms with Gasteiger partial charge < -0.3 is 4.57 Å². The van der Waals surface area contributed by atoms with E-state index in [0.717, 1.165) is 34.4 Å². The van der Waals surface area contributed by atoms with Crippen LogP contribution < -0.4 is 0 Å². The Kier molecular flexibility index (Phi) is 4.74. The maximum Gasteiger partial charge on any atom is 0.211 e. The maximum atomic E-state index is 4.91. The van der Waals surface area contributed by atoms with Crippen molar-refractivity contribution < 1.29 is 0 Å². The largest absolute Gasteiger partial charge is 0.319 e. The van der Waals surface area contributed by atoms with Gasteiger partial charge in [-0.2, -0.15) is 0 Å². The first-order chi connectivity index (χ1) is 14.3. The van der Waals surface area contributed by atoms with Crippen LogP contribution in [0.2, 0.25) is 0 Å². The van der Waals surface area contributed by atoms with Crippen molar-refractivity contribution in [3.05, 3.63) is 95.6 Å².